The molecule has 0 saturated carbocycles. The number of nitrogens with one attached hydrogen (secondary N) is 1. The molecule has 1 N–H and O–H groups in total. The molecule has 10 heteroatoms. The van der Waals surface area contributed by atoms with Gasteiger partial charge in [-0.2, -0.15) is 9.61 Å². The maximum Gasteiger partial charge on any atom is 0.360 e. The fourth-order valence-corrected chi connectivity index (χ4v) is 5.44. The van der Waals surface area contributed by atoms with E-state index in [1.807, 2.05) is 84.9 Å². The van der Waals surface area contributed by atoms with Gasteiger partial charge in [0.2, 0.25) is 5.88 Å². The normalized spacial score (nSPS) is 10.9. The standard InChI is InChI=1S/C32H27N5O4S/c1-4-41-32(38)27-30(42-19-33-27)35-28-25(21-15-17-23(39-2)18-16-21)31(40-3)37-29(34-28)24(20-11-7-5-8-12-20)26(36-37)22-13-9-6-10-14-22/h5-19H,4H2,1-3H3,(H,34,35). The molecule has 3 heterocycles. The summed E-state index contributed by atoms with van der Waals surface area (Å²) in [6.07, 6.45) is 0. The Labute approximate surface area is 246 Å². The van der Waals surface area contributed by atoms with Crippen LogP contribution in [-0.2, 0) is 4.74 Å². The third-order valence-electron chi connectivity index (χ3n) is 6.67. The zero-order valence-corrected chi connectivity index (χ0v) is 24.0. The van der Waals surface area contributed by atoms with Gasteiger partial charge in [0.15, 0.2) is 11.3 Å². The van der Waals surface area contributed by atoms with Crippen LogP contribution in [0.4, 0.5) is 10.8 Å². The summed E-state index contributed by atoms with van der Waals surface area (Å²) in [6, 6.07) is 27.6. The van der Waals surface area contributed by atoms with Crippen molar-refractivity contribution in [1.82, 2.24) is 19.6 Å². The number of nitrogens with zero attached hydrogens (tertiary/aromatic N) is 4. The second-order valence-electron chi connectivity index (χ2n) is 9.14. The molecule has 3 aromatic carbocycles. The van der Waals surface area contributed by atoms with E-state index >= 15 is 0 Å². The summed E-state index contributed by atoms with van der Waals surface area (Å²) in [6.45, 7) is 2.00. The third kappa shape index (κ3) is 4.92. The van der Waals surface area contributed by atoms with Crippen LogP contribution < -0.4 is 14.8 Å². The number of ether oxygens (including phenoxy) is 3. The number of methoxy groups -OCH3 is 2. The molecule has 0 fully saturated rings. The number of rotatable bonds is 9. The van der Waals surface area contributed by atoms with E-state index in [0.717, 1.165) is 27.9 Å². The van der Waals surface area contributed by atoms with Gasteiger partial charge in [-0.15, -0.1) is 11.3 Å². The lowest BCUT2D eigenvalue weighted by molar-refractivity contribution is 0.0521. The van der Waals surface area contributed by atoms with E-state index in [4.69, 9.17) is 24.3 Å². The second kappa shape index (κ2) is 11.7. The quantitative estimate of drug-likeness (QED) is 0.181. The maximum atomic E-state index is 12.7. The number of anilines is 2. The number of hydrogen-bond donors (Lipinski definition) is 1. The largest absolute Gasteiger partial charge is 0.497 e. The first-order valence-corrected chi connectivity index (χ1v) is 14.1. The van der Waals surface area contributed by atoms with Crippen molar-refractivity contribution in [2.24, 2.45) is 0 Å². The molecule has 210 valence electrons. The number of carbonyl (C=O) groups excluding carboxylic acids is 1. The summed E-state index contributed by atoms with van der Waals surface area (Å²) in [5.41, 5.74) is 7.32. The lowest BCUT2D eigenvalue weighted by Gasteiger charge is -2.16. The van der Waals surface area contributed by atoms with Crippen LogP contribution in [0, 0.1) is 0 Å². The van der Waals surface area contributed by atoms with Crippen molar-refractivity contribution in [3.8, 4) is 45.1 Å². The van der Waals surface area contributed by atoms with Crippen molar-refractivity contribution in [3.63, 3.8) is 0 Å². The van der Waals surface area contributed by atoms with E-state index in [2.05, 4.69) is 10.3 Å². The smallest absolute Gasteiger partial charge is 0.360 e. The molecule has 0 spiro atoms. The van der Waals surface area contributed by atoms with Crippen LogP contribution in [0.2, 0.25) is 0 Å². The number of esters is 1. The van der Waals surface area contributed by atoms with Crippen molar-refractivity contribution < 1.29 is 19.0 Å². The van der Waals surface area contributed by atoms with Crippen molar-refractivity contribution in [3.05, 3.63) is 96.1 Å². The molecule has 9 nitrogen and oxygen atoms in total. The number of benzene rings is 3. The lowest BCUT2D eigenvalue weighted by Crippen LogP contribution is -2.09. The predicted octanol–water partition coefficient (Wildman–Crippen LogP) is 7.12. The van der Waals surface area contributed by atoms with Crippen LogP contribution in [-0.4, -0.2) is 46.4 Å². The van der Waals surface area contributed by atoms with Gasteiger partial charge in [0, 0.05) is 5.56 Å². The van der Waals surface area contributed by atoms with Gasteiger partial charge < -0.3 is 19.5 Å². The summed E-state index contributed by atoms with van der Waals surface area (Å²) in [5.74, 6) is 1.14. The SMILES string of the molecule is CCOC(=O)c1ncsc1Nc1nc2c(-c3ccccc3)c(-c3ccccc3)nn2c(OC)c1-c1ccc(OC)cc1. The van der Waals surface area contributed by atoms with Crippen molar-refractivity contribution in [2.75, 3.05) is 26.1 Å². The Morgan fingerprint density at radius 3 is 2.17 bits per heavy atom. The molecule has 3 aromatic heterocycles. The molecule has 0 bridgehead atoms. The van der Waals surface area contributed by atoms with Gasteiger partial charge >= 0.3 is 5.97 Å². The van der Waals surface area contributed by atoms with Gasteiger partial charge in [-0.25, -0.2) is 14.8 Å². The topological polar surface area (TPSA) is 99.9 Å². The van der Waals surface area contributed by atoms with Crippen LogP contribution in [0.5, 0.6) is 11.6 Å². The first kappa shape index (κ1) is 27.0. The highest BCUT2D eigenvalue weighted by Gasteiger charge is 2.27. The molecule has 0 aliphatic carbocycles. The summed E-state index contributed by atoms with van der Waals surface area (Å²) in [5, 5.41) is 8.93. The van der Waals surface area contributed by atoms with Crippen LogP contribution in [0.3, 0.4) is 0 Å². The molecule has 42 heavy (non-hydrogen) atoms. The van der Waals surface area contributed by atoms with E-state index in [1.54, 1.807) is 31.2 Å². The number of hydrogen-bond acceptors (Lipinski definition) is 9. The molecule has 0 atom stereocenters. The van der Waals surface area contributed by atoms with Crippen LogP contribution in [0.1, 0.15) is 17.4 Å². The van der Waals surface area contributed by atoms with Gasteiger partial charge in [-0.05, 0) is 30.2 Å². The monoisotopic (exact) mass is 577 g/mol. The first-order chi connectivity index (χ1) is 20.6. The second-order valence-corrected chi connectivity index (χ2v) is 9.99. The number of fused-ring (bicyclic) bond motifs is 1. The summed E-state index contributed by atoms with van der Waals surface area (Å²) < 4.78 is 18.4. The molecule has 0 saturated heterocycles. The number of aromatic nitrogens is 4. The fourth-order valence-electron chi connectivity index (χ4n) is 4.78. The van der Waals surface area contributed by atoms with Crippen molar-refractivity contribution in [1.29, 1.82) is 0 Å². The molecule has 6 rings (SSSR count). The average molecular weight is 578 g/mol. The van der Waals surface area contributed by atoms with Crippen molar-refractivity contribution >= 4 is 33.8 Å². The minimum Gasteiger partial charge on any atom is -0.497 e. The van der Waals surface area contributed by atoms with Gasteiger partial charge in [-0.3, -0.25) is 0 Å². The zero-order chi connectivity index (χ0) is 29.1. The highest BCUT2D eigenvalue weighted by molar-refractivity contribution is 7.14. The Hall–Kier alpha value is -5.22. The Morgan fingerprint density at radius 1 is 0.857 bits per heavy atom. The third-order valence-corrected chi connectivity index (χ3v) is 7.41. The Morgan fingerprint density at radius 2 is 1.52 bits per heavy atom. The fraction of sp³-hybridized carbons (Fsp3) is 0.125. The van der Waals surface area contributed by atoms with Crippen LogP contribution in [0.25, 0.3) is 39.2 Å². The summed E-state index contributed by atoms with van der Waals surface area (Å²) in [4.78, 5) is 22.1. The minimum absolute atomic E-state index is 0.185. The highest BCUT2D eigenvalue weighted by atomic mass is 32.1. The summed E-state index contributed by atoms with van der Waals surface area (Å²) in [7, 11) is 3.23. The lowest BCUT2D eigenvalue weighted by atomic mass is 10.0. The minimum atomic E-state index is -0.513. The maximum absolute atomic E-state index is 12.7. The molecular formula is C32H27N5O4S. The molecule has 6 aromatic rings. The summed E-state index contributed by atoms with van der Waals surface area (Å²) >= 11 is 1.28. The average Bonchev–Trinajstić information content (AvgIpc) is 3.66. The van der Waals surface area contributed by atoms with Crippen LogP contribution >= 0.6 is 11.3 Å². The van der Waals surface area contributed by atoms with E-state index in [1.165, 1.54) is 11.3 Å². The van der Waals surface area contributed by atoms with E-state index in [9.17, 15) is 4.79 Å². The van der Waals surface area contributed by atoms with Gasteiger partial charge in [0.25, 0.3) is 0 Å². The Kier molecular flexibility index (Phi) is 7.52. The number of carbonyl (C=O) groups is 1. The van der Waals surface area contributed by atoms with Crippen molar-refractivity contribution in [2.45, 2.75) is 6.92 Å². The first-order valence-electron chi connectivity index (χ1n) is 13.3. The van der Waals surface area contributed by atoms with Gasteiger partial charge in [-0.1, -0.05) is 72.8 Å². The zero-order valence-electron chi connectivity index (χ0n) is 23.2. The predicted molar refractivity (Wildman–Crippen MR) is 164 cm³/mol. The van der Waals surface area contributed by atoms with E-state index < -0.39 is 5.97 Å². The van der Waals surface area contributed by atoms with Gasteiger partial charge in [0.05, 0.1) is 37.5 Å². The molecule has 0 aliphatic rings. The van der Waals surface area contributed by atoms with Crippen LogP contribution in [0.15, 0.2) is 90.4 Å². The molecular weight excluding hydrogens is 550 g/mol. The molecule has 0 amide bonds. The Bertz CT molecular complexity index is 1850. The van der Waals surface area contributed by atoms with E-state index in [-0.39, 0.29) is 12.3 Å². The number of thiazole rings is 1. The van der Waals surface area contributed by atoms with E-state index in [0.29, 0.717) is 33.7 Å². The molecule has 0 aliphatic heterocycles. The molecule has 0 radical (unpaired) electrons. The van der Waals surface area contributed by atoms with Gasteiger partial charge in [0.1, 0.15) is 22.3 Å². The molecule has 0 unspecified atom stereocenters. The Balaban J connectivity index is 1.66. The highest BCUT2D eigenvalue weighted by Crippen LogP contribution is 2.43.